The molecule has 11 heteroatoms. The number of rotatable bonds is 5. The molecular weight excluding hydrogens is 411 g/mol. The Morgan fingerprint density at radius 1 is 1.14 bits per heavy atom. The molecular formula is C18H18F3N3O4S. The van der Waals surface area contributed by atoms with Gasteiger partial charge >= 0.3 is 6.18 Å². The number of nitro benzene ring substituents is 1. The number of hydrogen-bond acceptors (Lipinski definition) is 5. The van der Waals surface area contributed by atoms with Crippen molar-refractivity contribution in [2.45, 2.75) is 42.3 Å². The number of non-ortho nitro benzene ring substituents is 1. The number of benzene rings is 2. The van der Waals surface area contributed by atoms with Crippen LogP contribution < -0.4 is 10.5 Å². The van der Waals surface area contributed by atoms with E-state index in [9.17, 15) is 31.7 Å². The minimum Gasteiger partial charge on any atom is -0.381 e. The van der Waals surface area contributed by atoms with Gasteiger partial charge in [0.2, 0.25) is 10.0 Å². The van der Waals surface area contributed by atoms with Crippen molar-refractivity contribution in [2.24, 2.45) is 5.14 Å². The zero-order valence-corrected chi connectivity index (χ0v) is 15.8. The fourth-order valence-electron chi connectivity index (χ4n) is 3.76. The summed E-state index contributed by atoms with van der Waals surface area (Å²) >= 11 is 0. The van der Waals surface area contributed by atoms with Crippen molar-refractivity contribution in [2.75, 3.05) is 5.32 Å². The summed E-state index contributed by atoms with van der Waals surface area (Å²) in [5, 5.41) is 19.1. The van der Waals surface area contributed by atoms with E-state index in [1.807, 2.05) is 0 Å². The second-order valence-corrected chi connectivity index (χ2v) is 8.39. The second kappa shape index (κ2) is 7.64. The smallest absolute Gasteiger partial charge is 0.381 e. The summed E-state index contributed by atoms with van der Waals surface area (Å²) in [4.78, 5) is 9.72. The Balaban J connectivity index is 1.99. The minimum atomic E-state index is -4.51. The number of hydrogen-bond donors (Lipinski definition) is 2. The lowest BCUT2D eigenvalue weighted by Gasteiger charge is -2.26. The lowest BCUT2D eigenvalue weighted by atomic mass is 9.89. The summed E-state index contributed by atoms with van der Waals surface area (Å²) in [5.41, 5.74) is -1.02. The molecule has 1 aliphatic rings. The van der Waals surface area contributed by atoms with Crippen molar-refractivity contribution in [3.63, 3.8) is 0 Å². The number of halogens is 3. The van der Waals surface area contributed by atoms with Crippen molar-refractivity contribution in [3.8, 4) is 0 Å². The van der Waals surface area contributed by atoms with Crippen LogP contribution in [0.3, 0.4) is 0 Å². The summed E-state index contributed by atoms with van der Waals surface area (Å²) < 4.78 is 64.1. The predicted octanol–water partition coefficient (Wildman–Crippen LogP) is 4.01. The van der Waals surface area contributed by atoms with Crippen LogP contribution in [-0.2, 0) is 16.2 Å². The van der Waals surface area contributed by atoms with Gasteiger partial charge in [0.25, 0.3) is 5.69 Å². The molecule has 1 fully saturated rings. The number of nitro groups is 1. The molecule has 156 valence electrons. The summed E-state index contributed by atoms with van der Waals surface area (Å²) in [6.07, 6.45) is -2.87. The first-order valence-electron chi connectivity index (χ1n) is 8.72. The topological polar surface area (TPSA) is 115 Å². The molecule has 3 rings (SSSR count). The highest BCUT2D eigenvalue weighted by Crippen LogP contribution is 2.43. The highest BCUT2D eigenvalue weighted by molar-refractivity contribution is 7.89. The van der Waals surface area contributed by atoms with Gasteiger partial charge in [-0.25, -0.2) is 13.6 Å². The Bertz CT molecular complexity index is 1040. The molecule has 0 radical (unpaired) electrons. The van der Waals surface area contributed by atoms with Gasteiger partial charge in [-0.05, 0) is 30.5 Å². The third kappa shape index (κ3) is 4.51. The highest BCUT2D eigenvalue weighted by atomic mass is 32.2. The summed E-state index contributed by atoms with van der Waals surface area (Å²) in [7, 11) is -4.29. The van der Waals surface area contributed by atoms with E-state index in [0.29, 0.717) is 19.3 Å². The number of alkyl halides is 3. The first kappa shape index (κ1) is 21.1. The molecule has 0 amide bonds. The van der Waals surface area contributed by atoms with Crippen molar-refractivity contribution < 1.29 is 26.5 Å². The van der Waals surface area contributed by atoms with Crippen LogP contribution in [0, 0.1) is 10.1 Å². The van der Waals surface area contributed by atoms with Gasteiger partial charge in [0.1, 0.15) is 4.90 Å². The van der Waals surface area contributed by atoms with Crippen LogP contribution in [0.2, 0.25) is 0 Å². The fraction of sp³-hybridized carbons (Fsp3) is 0.333. The fourth-order valence-corrected chi connectivity index (χ4v) is 4.48. The van der Waals surface area contributed by atoms with Crippen LogP contribution >= 0.6 is 0 Å². The average Bonchev–Trinajstić information content (AvgIpc) is 3.08. The molecule has 2 atom stereocenters. The van der Waals surface area contributed by atoms with Crippen molar-refractivity contribution in [3.05, 3.63) is 63.7 Å². The number of nitrogens with two attached hydrogens (primary N) is 1. The molecule has 29 heavy (non-hydrogen) atoms. The maximum atomic E-state index is 13.4. The molecule has 2 aromatic rings. The van der Waals surface area contributed by atoms with E-state index >= 15 is 0 Å². The van der Waals surface area contributed by atoms with Crippen molar-refractivity contribution >= 4 is 21.4 Å². The molecule has 2 unspecified atom stereocenters. The monoisotopic (exact) mass is 429 g/mol. The molecule has 2 aromatic carbocycles. The predicted molar refractivity (Wildman–Crippen MR) is 99.9 cm³/mol. The molecule has 1 aliphatic carbocycles. The largest absolute Gasteiger partial charge is 0.416 e. The zero-order chi connectivity index (χ0) is 21.4. The number of anilines is 1. The Labute approximate surface area is 164 Å². The van der Waals surface area contributed by atoms with E-state index in [1.54, 1.807) is 0 Å². The van der Waals surface area contributed by atoms with Crippen LogP contribution in [0.1, 0.15) is 36.3 Å². The van der Waals surface area contributed by atoms with Crippen molar-refractivity contribution in [1.29, 1.82) is 0 Å². The maximum absolute atomic E-state index is 13.4. The molecule has 0 heterocycles. The quantitative estimate of drug-likeness (QED) is 0.550. The Morgan fingerprint density at radius 3 is 2.45 bits per heavy atom. The van der Waals surface area contributed by atoms with E-state index < -0.39 is 49.2 Å². The molecule has 0 aromatic heterocycles. The normalized spacial score (nSPS) is 19.9. The van der Waals surface area contributed by atoms with Gasteiger partial charge in [-0.1, -0.05) is 24.6 Å². The van der Waals surface area contributed by atoms with E-state index in [2.05, 4.69) is 5.32 Å². The maximum Gasteiger partial charge on any atom is 0.416 e. The van der Waals surface area contributed by atoms with Crippen LogP contribution in [0.5, 0.6) is 0 Å². The SMILES string of the molecule is NS(=O)(=O)c1cc([N+](=O)[O-])ccc1NC1CCCC1c1ccccc1C(F)(F)F. The first-order chi connectivity index (χ1) is 13.5. The number of nitrogens with zero attached hydrogens (tertiary/aromatic N) is 1. The molecule has 7 nitrogen and oxygen atoms in total. The molecule has 0 saturated heterocycles. The van der Waals surface area contributed by atoms with Crippen LogP contribution in [0.4, 0.5) is 24.5 Å². The average molecular weight is 429 g/mol. The molecule has 0 aliphatic heterocycles. The van der Waals surface area contributed by atoms with Crippen molar-refractivity contribution in [1.82, 2.24) is 0 Å². The summed E-state index contributed by atoms with van der Waals surface area (Å²) in [6, 6.07) is 7.97. The summed E-state index contributed by atoms with van der Waals surface area (Å²) in [6.45, 7) is 0. The number of sulfonamides is 1. The van der Waals surface area contributed by atoms with Crippen LogP contribution in [0.15, 0.2) is 47.4 Å². The van der Waals surface area contributed by atoms with E-state index in [4.69, 9.17) is 5.14 Å². The van der Waals surface area contributed by atoms with Gasteiger partial charge in [0.05, 0.1) is 16.2 Å². The van der Waals surface area contributed by atoms with Gasteiger partial charge in [-0.2, -0.15) is 13.2 Å². The van der Waals surface area contributed by atoms with Gasteiger partial charge in [-0.15, -0.1) is 0 Å². The number of nitrogens with one attached hydrogen (secondary N) is 1. The van der Waals surface area contributed by atoms with Gasteiger partial charge in [0, 0.05) is 24.1 Å². The van der Waals surface area contributed by atoms with Gasteiger partial charge in [-0.3, -0.25) is 10.1 Å². The highest BCUT2D eigenvalue weighted by Gasteiger charge is 2.38. The van der Waals surface area contributed by atoms with Gasteiger partial charge in [0.15, 0.2) is 0 Å². The Kier molecular flexibility index (Phi) is 5.54. The lowest BCUT2D eigenvalue weighted by Crippen LogP contribution is -2.26. The number of primary sulfonamides is 1. The van der Waals surface area contributed by atoms with Crippen LogP contribution in [-0.4, -0.2) is 19.4 Å². The second-order valence-electron chi connectivity index (χ2n) is 6.86. The summed E-state index contributed by atoms with van der Waals surface area (Å²) in [5.74, 6) is -0.503. The van der Waals surface area contributed by atoms with Gasteiger partial charge < -0.3 is 5.32 Å². The molecule has 1 saturated carbocycles. The molecule has 0 bridgehead atoms. The third-order valence-electron chi connectivity index (χ3n) is 5.01. The van der Waals surface area contributed by atoms with E-state index in [0.717, 1.165) is 18.2 Å². The molecule has 3 N–H and O–H groups in total. The lowest BCUT2D eigenvalue weighted by molar-refractivity contribution is -0.385. The van der Waals surface area contributed by atoms with E-state index in [1.165, 1.54) is 24.3 Å². The Hall–Kier alpha value is -2.66. The molecule has 0 spiro atoms. The third-order valence-corrected chi connectivity index (χ3v) is 5.96. The minimum absolute atomic E-state index is 0.0273. The van der Waals surface area contributed by atoms with E-state index in [-0.39, 0.29) is 11.3 Å². The van der Waals surface area contributed by atoms with Crippen LogP contribution in [0.25, 0.3) is 0 Å². The standard InChI is InChI=1S/C18H18F3N3O4S/c19-18(20,21)14-6-2-1-4-12(14)13-5-3-7-15(13)23-16-9-8-11(24(25)26)10-17(16)29(22,27)28/h1-2,4,6,8-10,13,15,23H,3,5,7H2,(H2,22,27,28). The zero-order valence-electron chi connectivity index (χ0n) is 15.0. The Morgan fingerprint density at radius 2 is 1.83 bits per heavy atom. The first-order valence-corrected chi connectivity index (χ1v) is 10.3.